The Kier molecular flexibility index (Phi) is 5.40. The highest BCUT2D eigenvalue weighted by molar-refractivity contribution is 5.76. The summed E-state index contributed by atoms with van der Waals surface area (Å²) in [6, 6.07) is -0.0933. The lowest BCUT2D eigenvalue weighted by Gasteiger charge is -2.30. The van der Waals surface area contributed by atoms with Crippen molar-refractivity contribution in [1.82, 2.24) is 9.80 Å². The molecule has 0 radical (unpaired) electrons. The molecule has 104 valence electrons. The lowest BCUT2D eigenvalue weighted by atomic mass is 10.3. The second-order valence-corrected chi connectivity index (χ2v) is 4.81. The zero-order valence-corrected chi connectivity index (χ0v) is 11.3. The maximum atomic E-state index is 12.3. The highest BCUT2D eigenvalue weighted by Crippen LogP contribution is 2.15. The molecule has 1 saturated heterocycles. The topological polar surface area (TPSA) is 70.1 Å². The van der Waals surface area contributed by atoms with Crippen LogP contribution in [0.25, 0.3) is 0 Å². The van der Waals surface area contributed by atoms with Crippen molar-refractivity contribution in [3.8, 4) is 0 Å². The quantitative estimate of drug-likeness (QED) is 0.799. The maximum Gasteiger partial charge on any atom is 0.320 e. The molecule has 0 bridgehead atoms. The van der Waals surface area contributed by atoms with Gasteiger partial charge < -0.3 is 19.6 Å². The second-order valence-electron chi connectivity index (χ2n) is 4.81. The first-order valence-corrected chi connectivity index (χ1v) is 6.25. The number of nitrogens with zero attached hydrogens (tertiary/aromatic N) is 2. The molecule has 0 aliphatic carbocycles. The fourth-order valence-corrected chi connectivity index (χ4v) is 2.07. The Morgan fingerprint density at radius 1 is 1.50 bits per heavy atom. The van der Waals surface area contributed by atoms with Crippen LogP contribution in [0.1, 0.15) is 26.7 Å². The summed E-state index contributed by atoms with van der Waals surface area (Å²) in [4.78, 5) is 26.2. The Morgan fingerprint density at radius 2 is 2.17 bits per heavy atom. The maximum absolute atomic E-state index is 12.3. The Morgan fingerprint density at radius 3 is 2.61 bits per heavy atom. The predicted octanol–water partition coefficient (Wildman–Crippen LogP) is 1.01. The molecule has 1 N–H and O–H groups in total. The Balaban J connectivity index is 2.57. The van der Waals surface area contributed by atoms with Crippen LogP contribution in [-0.4, -0.2) is 65.8 Å². The van der Waals surface area contributed by atoms with Crippen molar-refractivity contribution in [1.29, 1.82) is 0 Å². The SMILES string of the molecule is COC1CCN(C(=O)N(CCC(=O)O)C(C)C)C1. The number of urea groups is 1. The van der Waals surface area contributed by atoms with Crippen molar-refractivity contribution in [2.45, 2.75) is 38.8 Å². The minimum absolute atomic E-state index is 0.00144. The van der Waals surface area contributed by atoms with Crippen LogP contribution in [0.3, 0.4) is 0 Å². The van der Waals surface area contributed by atoms with Crippen LogP contribution in [0.15, 0.2) is 0 Å². The van der Waals surface area contributed by atoms with Gasteiger partial charge in [0.25, 0.3) is 0 Å². The summed E-state index contributed by atoms with van der Waals surface area (Å²) < 4.78 is 5.22. The molecule has 1 aliphatic rings. The molecule has 1 heterocycles. The van der Waals surface area contributed by atoms with E-state index < -0.39 is 5.97 Å². The molecule has 0 aromatic carbocycles. The first-order valence-electron chi connectivity index (χ1n) is 6.25. The van der Waals surface area contributed by atoms with Crippen molar-refractivity contribution in [2.75, 3.05) is 26.7 Å². The Bertz CT molecular complexity index is 306. The van der Waals surface area contributed by atoms with E-state index in [9.17, 15) is 9.59 Å². The summed E-state index contributed by atoms with van der Waals surface area (Å²) in [5, 5.41) is 8.70. The van der Waals surface area contributed by atoms with E-state index in [0.717, 1.165) is 6.42 Å². The smallest absolute Gasteiger partial charge is 0.320 e. The minimum Gasteiger partial charge on any atom is -0.481 e. The Hall–Kier alpha value is -1.30. The minimum atomic E-state index is -0.885. The van der Waals surface area contributed by atoms with Gasteiger partial charge >= 0.3 is 12.0 Å². The van der Waals surface area contributed by atoms with Crippen LogP contribution < -0.4 is 0 Å². The number of aliphatic carboxylic acids is 1. The number of amides is 2. The van der Waals surface area contributed by atoms with Gasteiger partial charge in [-0.15, -0.1) is 0 Å². The molecular formula is C12H22N2O4. The molecule has 0 spiro atoms. The number of hydrogen-bond acceptors (Lipinski definition) is 3. The fraction of sp³-hybridized carbons (Fsp3) is 0.833. The lowest BCUT2D eigenvalue weighted by Crippen LogP contribution is -2.46. The van der Waals surface area contributed by atoms with E-state index >= 15 is 0 Å². The monoisotopic (exact) mass is 258 g/mol. The molecule has 1 unspecified atom stereocenters. The van der Waals surface area contributed by atoms with Crippen molar-refractivity contribution >= 4 is 12.0 Å². The van der Waals surface area contributed by atoms with Gasteiger partial charge in [-0.05, 0) is 20.3 Å². The standard InChI is InChI=1S/C12H22N2O4/c1-9(2)14(7-5-11(15)16)12(17)13-6-4-10(8-13)18-3/h9-10H,4-8H2,1-3H3,(H,15,16). The van der Waals surface area contributed by atoms with E-state index in [4.69, 9.17) is 9.84 Å². The van der Waals surface area contributed by atoms with E-state index in [1.54, 1.807) is 16.9 Å². The molecule has 6 nitrogen and oxygen atoms in total. The number of carbonyl (C=O) groups excluding carboxylic acids is 1. The third kappa shape index (κ3) is 3.87. The molecular weight excluding hydrogens is 236 g/mol. The molecule has 0 aromatic heterocycles. The summed E-state index contributed by atoms with van der Waals surface area (Å²) >= 11 is 0. The van der Waals surface area contributed by atoms with Crippen molar-refractivity contribution < 1.29 is 19.4 Å². The van der Waals surface area contributed by atoms with Gasteiger partial charge in [-0.2, -0.15) is 0 Å². The number of methoxy groups -OCH3 is 1. The predicted molar refractivity (Wildman–Crippen MR) is 66.5 cm³/mol. The van der Waals surface area contributed by atoms with Crippen LogP contribution in [0.5, 0.6) is 0 Å². The normalized spacial score (nSPS) is 19.3. The van der Waals surface area contributed by atoms with Crippen LogP contribution >= 0.6 is 0 Å². The molecule has 6 heteroatoms. The Labute approximate surface area is 107 Å². The van der Waals surface area contributed by atoms with Crippen LogP contribution in [0.2, 0.25) is 0 Å². The molecule has 2 amide bonds. The number of likely N-dealkylation sites (tertiary alicyclic amines) is 1. The molecule has 0 aromatic rings. The number of rotatable bonds is 5. The van der Waals surface area contributed by atoms with Crippen LogP contribution in [-0.2, 0) is 9.53 Å². The molecule has 1 rings (SSSR count). The number of carboxylic acid groups (broad SMARTS) is 1. The second kappa shape index (κ2) is 6.58. The third-order valence-corrected chi connectivity index (χ3v) is 3.18. The summed E-state index contributed by atoms with van der Waals surface area (Å²) in [5.74, 6) is -0.885. The number of hydrogen-bond donors (Lipinski definition) is 1. The summed E-state index contributed by atoms with van der Waals surface area (Å²) in [7, 11) is 1.64. The van der Waals surface area contributed by atoms with Gasteiger partial charge in [0.1, 0.15) is 0 Å². The van der Waals surface area contributed by atoms with Gasteiger partial charge in [0.15, 0.2) is 0 Å². The van der Waals surface area contributed by atoms with Gasteiger partial charge in [0, 0.05) is 32.8 Å². The largest absolute Gasteiger partial charge is 0.481 e. The van der Waals surface area contributed by atoms with Gasteiger partial charge in [-0.25, -0.2) is 4.79 Å². The summed E-state index contributed by atoms with van der Waals surface area (Å²) in [6.45, 7) is 5.30. The number of carboxylic acids is 1. The number of ether oxygens (including phenoxy) is 1. The highest BCUT2D eigenvalue weighted by Gasteiger charge is 2.30. The van der Waals surface area contributed by atoms with E-state index in [1.165, 1.54) is 0 Å². The van der Waals surface area contributed by atoms with Crippen molar-refractivity contribution in [3.63, 3.8) is 0 Å². The van der Waals surface area contributed by atoms with E-state index in [0.29, 0.717) is 13.1 Å². The molecule has 1 atom stereocenters. The fourth-order valence-electron chi connectivity index (χ4n) is 2.07. The van der Waals surface area contributed by atoms with Gasteiger partial charge in [0.2, 0.25) is 0 Å². The van der Waals surface area contributed by atoms with Gasteiger partial charge in [0.05, 0.1) is 12.5 Å². The van der Waals surface area contributed by atoms with E-state index in [2.05, 4.69) is 0 Å². The van der Waals surface area contributed by atoms with Gasteiger partial charge in [-0.1, -0.05) is 0 Å². The molecule has 1 aliphatic heterocycles. The molecule has 0 saturated carbocycles. The third-order valence-electron chi connectivity index (χ3n) is 3.18. The van der Waals surface area contributed by atoms with E-state index in [-0.39, 0.29) is 31.1 Å². The summed E-state index contributed by atoms with van der Waals surface area (Å²) in [5.41, 5.74) is 0. The average molecular weight is 258 g/mol. The zero-order chi connectivity index (χ0) is 13.7. The van der Waals surface area contributed by atoms with Crippen molar-refractivity contribution in [3.05, 3.63) is 0 Å². The molecule has 18 heavy (non-hydrogen) atoms. The first-order chi connectivity index (χ1) is 8.45. The molecule has 1 fully saturated rings. The van der Waals surface area contributed by atoms with Gasteiger partial charge in [-0.3, -0.25) is 4.79 Å². The number of carbonyl (C=O) groups is 2. The van der Waals surface area contributed by atoms with Crippen LogP contribution in [0.4, 0.5) is 4.79 Å². The summed E-state index contributed by atoms with van der Waals surface area (Å²) in [6.07, 6.45) is 0.918. The highest BCUT2D eigenvalue weighted by atomic mass is 16.5. The average Bonchev–Trinajstić information content (AvgIpc) is 2.76. The van der Waals surface area contributed by atoms with E-state index in [1.807, 2.05) is 13.8 Å². The first kappa shape index (κ1) is 14.8. The van der Waals surface area contributed by atoms with Crippen LogP contribution in [0, 0.1) is 0 Å². The van der Waals surface area contributed by atoms with Crippen molar-refractivity contribution in [2.24, 2.45) is 0 Å². The lowest BCUT2D eigenvalue weighted by molar-refractivity contribution is -0.137. The zero-order valence-electron chi connectivity index (χ0n) is 11.3.